The summed E-state index contributed by atoms with van der Waals surface area (Å²) in [6, 6.07) is 7.05. The third-order valence-corrected chi connectivity index (χ3v) is 7.82. The molecule has 5 aliphatic rings. The molecule has 6 rings (SSSR count). The highest BCUT2D eigenvalue weighted by atomic mass is 16.2. The highest BCUT2D eigenvalue weighted by molar-refractivity contribution is 6.02. The van der Waals surface area contributed by atoms with Crippen LogP contribution in [-0.4, -0.2) is 35.3 Å². The van der Waals surface area contributed by atoms with Crippen molar-refractivity contribution >= 4 is 17.8 Å². The zero-order valence-electron chi connectivity index (χ0n) is 16.9. The van der Waals surface area contributed by atoms with Crippen molar-refractivity contribution in [2.45, 2.75) is 58.0 Å². The first-order valence-corrected chi connectivity index (χ1v) is 10.9. The molecule has 5 fully saturated rings. The number of carbonyl (C=O) groups is 3. The molecule has 1 unspecified atom stereocenters. The molecule has 2 N–H and O–H groups in total. The number of imide groups is 1. The van der Waals surface area contributed by atoms with E-state index in [0.717, 1.165) is 23.3 Å². The first-order chi connectivity index (χ1) is 13.9. The standard InChI is InChI=1S/C23H29N3O3/c1-14(23-9-16-5-17(10-23)7-18(6-16)11-23)25-21(28)19-4-2-3-15(8-19)13-26-20(27)12-24-22(26)29/h2-4,8,14,16-18H,5-7,9-13H2,1H3,(H,24,29)(H,25,28). The Morgan fingerprint density at radius 2 is 1.83 bits per heavy atom. The van der Waals surface area contributed by atoms with Gasteiger partial charge in [0, 0.05) is 11.6 Å². The molecule has 154 valence electrons. The van der Waals surface area contributed by atoms with Gasteiger partial charge < -0.3 is 10.6 Å². The first-order valence-electron chi connectivity index (χ1n) is 10.9. The molecule has 4 saturated carbocycles. The normalized spacial score (nSPS) is 33.7. The van der Waals surface area contributed by atoms with E-state index < -0.39 is 0 Å². The fraction of sp³-hybridized carbons (Fsp3) is 0.609. The minimum absolute atomic E-state index is 0.0432. The van der Waals surface area contributed by atoms with Gasteiger partial charge in [0.2, 0.25) is 5.91 Å². The van der Waals surface area contributed by atoms with E-state index in [9.17, 15) is 14.4 Å². The van der Waals surface area contributed by atoms with Gasteiger partial charge >= 0.3 is 6.03 Å². The van der Waals surface area contributed by atoms with Crippen LogP contribution in [0.15, 0.2) is 24.3 Å². The predicted octanol–water partition coefficient (Wildman–Crippen LogP) is 3.07. The van der Waals surface area contributed by atoms with E-state index in [2.05, 4.69) is 17.6 Å². The van der Waals surface area contributed by atoms with Gasteiger partial charge in [-0.25, -0.2) is 4.79 Å². The molecule has 4 amide bonds. The predicted molar refractivity (Wildman–Crippen MR) is 108 cm³/mol. The lowest BCUT2D eigenvalue weighted by molar-refractivity contribution is -0.125. The number of benzene rings is 1. The lowest BCUT2D eigenvalue weighted by Gasteiger charge is -2.59. The summed E-state index contributed by atoms with van der Waals surface area (Å²) in [4.78, 5) is 37.8. The third-order valence-electron chi connectivity index (χ3n) is 7.82. The molecule has 4 aliphatic carbocycles. The smallest absolute Gasteiger partial charge is 0.324 e. The lowest BCUT2D eigenvalue weighted by Crippen LogP contribution is -2.55. The summed E-state index contributed by atoms with van der Waals surface area (Å²) in [5, 5.41) is 5.82. The Morgan fingerprint density at radius 3 is 2.41 bits per heavy atom. The molecule has 1 saturated heterocycles. The average Bonchev–Trinajstić information content (AvgIpc) is 2.99. The minimum atomic E-state index is -0.375. The highest BCUT2D eigenvalue weighted by Crippen LogP contribution is 2.61. The van der Waals surface area contributed by atoms with Gasteiger partial charge in [-0.05, 0) is 86.3 Å². The number of amides is 4. The van der Waals surface area contributed by atoms with Crippen molar-refractivity contribution in [3.63, 3.8) is 0 Å². The number of hydrogen-bond donors (Lipinski definition) is 2. The second-order valence-electron chi connectivity index (χ2n) is 9.81. The topological polar surface area (TPSA) is 78.5 Å². The van der Waals surface area contributed by atoms with Crippen molar-refractivity contribution in [1.82, 2.24) is 15.5 Å². The van der Waals surface area contributed by atoms with Crippen LogP contribution < -0.4 is 10.6 Å². The quantitative estimate of drug-likeness (QED) is 0.752. The maximum Gasteiger partial charge on any atom is 0.324 e. The number of urea groups is 1. The Morgan fingerprint density at radius 1 is 1.17 bits per heavy atom. The van der Waals surface area contributed by atoms with Gasteiger partial charge in [0.1, 0.15) is 0 Å². The number of carbonyl (C=O) groups excluding carboxylic acids is 3. The van der Waals surface area contributed by atoms with E-state index in [1.54, 1.807) is 12.1 Å². The number of nitrogens with one attached hydrogen (secondary N) is 2. The largest absolute Gasteiger partial charge is 0.349 e. The molecule has 1 aromatic rings. The van der Waals surface area contributed by atoms with Crippen LogP contribution in [0.2, 0.25) is 0 Å². The molecule has 1 atom stereocenters. The molecule has 0 spiro atoms. The zero-order valence-corrected chi connectivity index (χ0v) is 16.9. The Labute approximate surface area is 171 Å². The van der Waals surface area contributed by atoms with Crippen molar-refractivity contribution in [2.24, 2.45) is 23.2 Å². The average molecular weight is 396 g/mol. The van der Waals surface area contributed by atoms with Gasteiger partial charge in [-0.2, -0.15) is 0 Å². The number of hydrogen-bond acceptors (Lipinski definition) is 3. The maximum absolute atomic E-state index is 13.0. The fourth-order valence-electron chi connectivity index (χ4n) is 6.75. The number of rotatable bonds is 5. The zero-order chi connectivity index (χ0) is 20.2. The Balaban J connectivity index is 1.27. The van der Waals surface area contributed by atoms with Gasteiger partial charge in [-0.3, -0.25) is 14.5 Å². The van der Waals surface area contributed by atoms with Gasteiger partial charge in [0.25, 0.3) is 5.91 Å². The van der Waals surface area contributed by atoms with Crippen molar-refractivity contribution < 1.29 is 14.4 Å². The Hall–Kier alpha value is -2.37. The van der Waals surface area contributed by atoms with Crippen LogP contribution in [0.25, 0.3) is 0 Å². The van der Waals surface area contributed by atoms with Crippen LogP contribution in [0.5, 0.6) is 0 Å². The molecule has 6 nitrogen and oxygen atoms in total. The van der Waals surface area contributed by atoms with Crippen LogP contribution in [0.4, 0.5) is 4.79 Å². The molecular weight excluding hydrogens is 366 g/mol. The Bertz CT molecular complexity index is 813. The van der Waals surface area contributed by atoms with Crippen LogP contribution >= 0.6 is 0 Å². The summed E-state index contributed by atoms with van der Waals surface area (Å²) in [7, 11) is 0. The molecule has 0 aromatic heterocycles. The van der Waals surface area contributed by atoms with E-state index in [-0.39, 0.29) is 42.4 Å². The summed E-state index contributed by atoms with van der Waals surface area (Å²) in [6.45, 7) is 2.42. The summed E-state index contributed by atoms with van der Waals surface area (Å²) in [5.41, 5.74) is 1.64. The molecule has 1 aliphatic heterocycles. The maximum atomic E-state index is 13.0. The second-order valence-corrected chi connectivity index (χ2v) is 9.81. The van der Waals surface area contributed by atoms with Crippen LogP contribution in [0, 0.1) is 23.2 Å². The SMILES string of the molecule is CC(NC(=O)c1cccc(CN2C(=O)CNC2=O)c1)C12CC3CC(CC(C3)C1)C2. The molecule has 6 heteroatoms. The monoisotopic (exact) mass is 395 g/mol. The minimum Gasteiger partial charge on any atom is -0.349 e. The molecule has 4 bridgehead atoms. The summed E-state index contributed by atoms with van der Waals surface area (Å²) >= 11 is 0. The van der Waals surface area contributed by atoms with E-state index in [0.29, 0.717) is 5.56 Å². The Kier molecular flexibility index (Phi) is 4.41. The van der Waals surface area contributed by atoms with E-state index in [1.165, 1.54) is 43.4 Å². The molecule has 1 aromatic carbocycles. The molecular formula is C23H29N3O3. The highest BCUT2D eigenvalue weighted by Gasteiger charge is 2.53. The van der Waals surface area contributed by atoms with Gasteiger partial charge in [-0.15, -0.1) is 0 Å². The fourth-order valence-corrected chi connectivity index (χ4v) is 6.75. The third kappa shape index (κ3) is 3.32. The lowest BCUT2D eigenvalue weighted by atomic mass is 9.48. The van der Waals surface area contributed by atoms with Crippen LogP contribution in [0.1, 0.15) is 61.4 Å². The molecule has 1 heterocycles. The number of nitrogens with zero attached hydrogens (tertiary/aromatic N) is 1. The van der Waals surface area contributed by atoms with Gasteiger partial charge in [0.05, 0.1) is 13.1 Å². The van der Waals surface area contributed by atoms with Crippen molar-refractivity contribution in [3.05, 3.63) is 35.4 Å². The molecule has 29 heavy (non-hydrogen) atoms. The van der Waals surface area contributed by atoms with Gasteiger partial charge in [0.15, 0.2) is 0 Å². The summed E-state index contributed by atoms with van der Waals surface area (Å²) in [5.74, 6) is 2.27. The van der Waals surface area contributed by atoms with Gasteiger partial charge in [-0.1, -0.05) is 12.1 Å². The summed E-state index contributed by atoms with van der Waals surface area (Å²) < 4.78 is 0. The van der Waals surface area contributed by atoms with E-state index in [1.807, 2.05) is 12.1 Å². The van der Waals surface area contributed by atoms with E-state index in [4.69, 9.17) is 0 Å². The van der Waals surface area contributed by atoms with Crippen molar-refractivity contribution in [1.29, 1.82) is 0 Å². The van der Waals surface area contributed by atoms with Crippen molar-refractivity contribution in [2.75, 3.05) is 6.54 Å². The molecule has 0 radical (unpaired) electrons. The van der Waals surface area contributed by atoms with Crippen LogP contribution in [-0.2, 0) is 11.3 Å². The second kappa shape index (κ2) is 6.85. The van der Waals surface area contributed by atoms with Crippen molar-refractivity contribution in [3.8, 4) is 0 Å². The summed E-state index contributed by atoms with van der Waals surface area (Å²) in [6.07, 6.45) is 7.95. The van der Waals surface area contributed by atoms with Crippen LogP contribution in [0.3, 0.4) is 0 Å². The van der Waals surface area contributed by atoms with E-state index >= 15 is 0 Å². The first kappa shape index (κ1) is 18.6.